The number of hydroxylamine groups is 2. The van der Waals surface area contributed by atoms with Crippen LogP contribution in [-0.4, -0.2) is 35.4 Å². The Morgan fingerprint density at radius 2 is 1.81 bits per heavy atom. The Kier molecular flexibility index (Phi) is 4.79. The molecule has 4 aliphatic carbocycles. The monoisotopic (exact) mass is 438 g/mol. The maximum Gasteiger partial charge on any atom is 0.256 e. The molecule has 0 spiro atoms. The fourth-order valence-electron chi connectivity index (χ4n) is 4.27. The molecule has 162 valence electrons. The third-order valence-corrected chi connectivity index (χ3v) is 8.41. The minimum Gasteiger partial charge on any atom is -0.299 e. The van der Waals surface area contributed by atoms with E-state index in [0.717, 1.165) is 46.4 Å². The van der Waals surface area contributed by atoms with Crippen molar-refractivity contribution in [1.82, 2.24) is 5.06 Å². The first-order valence-electron chi connectivity index (χ1n) is 10.8. The first kappa shape index (κ1) is 20.4. The molecule has 5 aliphatic rings. The lowest BCUT2D eigenvalue weighted by Gasteiger charge is -2.29. The molecule has 1 N–H and O–H groups in total. The predicted molar refractivity (Wildman–Crippen MR) is 119 cm³/mol. The van der Waals surface area contributed by atoms with E-state index in [1.165, 1.54) is 5.06 Å². The molecule has 0 atom stereocenters. The Morgan fingerprint density at radius 1 is 1.06 bits per heavy atom. The molecule has 0 bridgehead atoms. The summed E-state index contributed by atoms with van der Waals surface area (Å²) in [5, 5.41) is 11.6. The van der Waals surface area contributed by atoms with Crippen molar-refractivity contribution < 1.29 is 18.4 Å². The van der Waals surface area contributed by atoms with E-state index in [-0.39, 0.29) is 23.4 Å². The molecule has 0 amide bonds. The molecule has 7 heteroatoms. The molecule has 5 rings (SSSR count). The highest BCUT2D eigenvalue weighted by Crippen LogP contribution is 2.41. The van der Waals surface area contributed by atoms with Crippen molar-refractivity contribution in [3.8, 4) is 0 Å². The quantitative estimate of drug-likeness (QED) is 0.692. The SMILES string of the molecule is CC1=C(C)C(=C2C=C(CC(=O)C3CC3)N(O)C3=C2C=CC3)C=CC1=NS(=O)(=O)C1CC1. The van der Waals surface area contributed by atoms with E-state index in [4.69, 9.17) is 0 Å². The summed E-state index contributed by atoms with van der Waals surface area (Å²) >= 11 is 0. The normalized spacial score (nSPS) is 27.4. The highest BCUT2D eigenvalue weighted by Gasteiger charge is 2.36. The first-order chi connectivity index (χ1) is 14.8. The number of allylic oxidation sites excluding steroid dienone is 11. The van der Waals surface area contributed by atoms with Gasteiger partial charge in [0.15, 0.2) is 0 Å². The number of ketones is 1. The number of rotatable bonds is 5. The van der Waals surface area contributed by atoms with Crippen LogP contribution in [0.4, 0.5) is 0 Å². The molecule has 2 saturated carbocycles. The second-order valence-corrected chi connectivity index (χ2v) is 10.8. The van der Waals surface area contributed by atoms with E-state index in [0.29, 0.717) is 30.7 Å². The van der Waals surface area contributed by atoms with Gasteiger partial charge in [0.1, 0.15) is 5.78 Å². The van der Waals surface area contributed by atoms with E-state index in [1.807, 2.05) is 38.2 Å². The van der Waals surface area contributed by atoms with E-state index >= 15 is 0 Å². The zero-order valence-electron chi connectivity index (χ0n) is 17.8. The van der Waals surface area contributed by atoms with Gasteiger partial charge < -0.3 is 0 Å². The van der Waals surface area contributed by atoms with Crippen LogP contribution in [0.1, 0.15) is 52.4 Å². The molecule has 1 heterocycles. The fraction of sp³-hybridized carbons (Fsp3) is 0.417. The van der Waals surface area contributed by atoms with Crippen molar-refractivity contribution in [2.75, 3.05) is 0 Å². The molecule has 1 aliphatic heterocycles. The summed E-state index contributed by atoms with van der Waals surface area (Å²) in [6, 6.07) is 0. The molecule has 0 saturated heterocycles. The summed E-state index contributed by atoms with van der Waals surface area (Å²) < 4.78 is 28.8. The third kappa shape index (κ3) is 3.70. The largest absolute Gasteiger partial charge is 0.299 e. The van der Waals surface area contributed by atoms with Gasteiger partial charge in [0.05, 0.1) is 22.4 Å². The second kappa shape index (κ2) is 7.28. The number of nitrogens with zero attached hydrogens (tertiary/aromatic N) is 2. The fourth-order valence-corrected chi connectivity index (χ4v) is 5.62. The molecule has 0 aromatic carbocycles. The summed E-state index contributed by atoms with van der Waals surface area (Å²) in [6.45, 7) is 3.86. The summed E-state index contributed by atoms with van der Waals surface area (Å²) in [5.74, 6) is 0.306. The van der Waals surface area contributed by atoms with Crippen molar-refractivity contribution >= 4 is 21.5 Å². The van der Waals surface area contributed by atoms with Gasteiger partial charge in [0, 0.05) is 24.3 Å². The Bertz CT molecular complexity index is 1200. The maximum atomic E-state index is 12.4. The molecule has 0 radical (unpaired) electrons. The average Bonchev–Trinajstić information content (AvgIpc) is 3.64. The second-order valence-electron chi connectivity index (χ2n) is 8.93. The number of Topliss-reactive ketones (excluding diaryl/α,β-unsaturated/α-hetero) is 1. The highest BCUT2D eigenvalue weighted by molar-refractivity contribution is 7.91. The molecule has 0 aromatic rings. The lowest BCUT2D eigenvalue weighted by molar-refractivity contribution is -0.121. The maximum absolute atomic E-state index is 12.4. The van der Waals surface area contributed by atoms with Crippen molar-refractivity contribution in [2.45, 2.75) is 57.6 Å². The Balaban J connectivity index is 1.56. The highest BCUT2D eigenvalue weighted by atomic mass is 32.2. The van der Waals surface area contributed by atoms with Gasteiger partial charge in [-0.2, -0.15) is 4.40 Å². The van der Waals surface area contributed by atoms with E-state index in [1.54, 1.807) is 6.08 Å². The van der Waals surface area contributed by atoms with Crippen LogP contribution < -0.4 is 0 Å². The minimum absolute atomic E-state index is 0.133. The van der Waals surface area contributed by atoms with Gasteiger partial charge in [-0.15, -0.1) is 0 Å². The summed E-state index contributed by atoms with van der Waals surface area (Å²) in [5.41, 5.74) is 6.47. The van der Waals surface area contributed by atoms with Gasteiger partial charge in [-0.25, -0.2) is 13.5 Å². The number of hydrogen-bond acceptors (Lipinski definition) is 5. The molecule has 0 aromatic heterocycles. The third-order valence-electron chi connectivity index (χ3n) is 6.64. The zero-order valence-corrected chi connectivity index (χ0v) is 18.6. The van der Waals surface area contributed by atoms with Crippen LogP contribution in [0.3, 0.4) is 0 Å². The van der Waals surface area contributed by atoms with Crippen LogP contribution in [0, 0.1) is 5.92 Å². The van der Waals surface area contributed by atoms with Crippen molar-refractivity contribution in [3.63, 3.8) is 0 Å². The van der Waals surface area contributed by atoms with E-state index < -0.39 is 10.0 Å². The molecule has 2 fully saturated rings. The molecular formula is C24H26N2O4S. The van der Waals surface area contributed by atoms with Gasteiger partial charge in [-0.3, -0.25) is 10.0 Å². The summed E-state index contributed by atoms with van der Waals surface area (Å²) in [4.78, 5) is 12.4. The number of carbonyl (C=O) groups excluding carboxylic acids is 1. The summed E-state index contributed by atoms with van der Waals surface area (Å²) in [7, 11) is -3.45. The lowest BCUT2D eigenvalue weighted by Crippen LogP contribution is -2.25. The Hall–Kier alpha value is -2.51. The van der Waals surface area contributed by atoms with Crippen molar-refractivity contribution in [2.24, 2.45) is 10.3 Å². The summed E-state index contributed by atoms with van der Waals surface area (Å²) in [6.07, 6.45) is 13.6. The van der Waals surface area contributed by atoms with Crippen LogP contribution in [0.5, 0.6) is 0 Å². The van der Waals surface area contributed by atoms with Gasteiger partial charge in [-0.05, 0) is 74.0 Å². The van der Waals surface area contributed by atoms with Gasteiger partial charge in [-0.1, -0.05) is 18.2 Å². The van der Waals surface area contributed by atoms with Crippen molar-refractivity contribution in [3.05, 3.63) is 69.6 Å². The van der Waals surface area contributed by atoms with Crippen LogP contribution in [0.15, 0.2) is 74.0 Å². The first-order valence-corrected chi connectivity index (χ1v) is 12.3. The van der Waals surface area contributed by atoms with Crippen LogP contribution in [-0.2, 0) is 14.8 Å². The smallest absolute Gasteiger partial charge is 0.256 e. The number of carbonyl (C=O) groups is 1. The number of sulfonamides is 1. The Labute approximate surface area is 182 Å². The van der Waals surface area contributed by atoms with E-state index in [9.17, 15) is 18.4 Å². The Morgan fingerprint density at radius 3 is 2.48 bits per heavy atom. The zero-order chi connectivity index (χ0) is 21.9. The van der Waals surface area contributed by atoms with Crippen LogP contribution in [0.25, 0.3) is 0 Å². The molecule has 31 heavy (non-hydrogen) atoms. The van der Waals surface area contributed by atoms with Gasteiger partial charge >= 0.3 is 0 Å². The van der Waals surface area contributed by atoms with Crippen LogP contribution >= 0.6 is 0 Å². The molecule has 6 nitrogen and oxygen atoms in total. The van der Waals surface area contributed by atoms with Crippen molar-refractivity contribution in [1.29, 1.82) is 0 Å². The number of hydrogen-bond donors (Lipinski definition) is 1. The topological polar surface area (TPSA) is 87.0 Å². The molecule has 0 unspecified atom stereocenters. The average molecular weight is 439 g/mol. The molecular weight excluding hydrogens is 412 g/mol. The van der Waals surface area contributed by atoms with Gasteiger partial charge in [0.25, 0.3) is 10.0 Å². The lowest BCUT2D eigenvalue weighted by atomic mass is 9.85. The van der Waals surface area contributed by atoms with Gasteiger partial charge in [0.2, 0.25) is 0 Å². The minimum atomic E-state index is -3.45. The predicted octanol–water partition coefficient (Wildman–Crippen LogP) is 4.29. The van der Waals surface area contributed by atoms with Crippen LogP contribution in [0.2, 0.25) is 0 Å². The standard InChI is InChI=1S/C24H26N2O4S/c1-14-15(2)22(25-31(29,30)18-8-9-18)11-10-19(14)21-12-17(13-24(27)16-6-7-16)26(28)23-5-3-4-20(21)23/h3-4,10-12,16,18,28H,5-9,13H2,1-2H3. The van der Waals surface area contributed by atoms with E-state index in [2.05, 4.69) is 4.40 Å².